The van der Waals surface area contributed by atoms with Crippen molar-refractivity contribution in [3.63, 3.8) is 0 Å². The summed E-state index contributed by atoms with van der Waals surface area (Å²) < 4.78 is 5.72. The molecule has 2 saturated carbocycles. The first-order chi connectivity index (χ1) is 12.8. The Balaban J connectivity index is 1.58. The van der Waals surface area contributed by atoms with Gasteiger partial charge in [-0.25, -0.2) is 0 Å². The molecule has 0 atom stereocenters. The summed E-state index contributed by atoms with van der Waals surface area (Å²) in [5.41, 5.74) is 0. The Morgan fingerprint density at radius 3 is 1.88 bits per heavy atom. The molecule has 0 unspecified atom stereocenters. The van der Waals surface area contributed by atoms with Crippen molar-refractivity contribution in [1.29, 1.82) is 0 Å². The fourth-order valence-corrected chi connectivity index (χ4v) is 4.50. The third-order valence-electron chi connectivity index (χ3n) is 6.22. The number of rotatable bonds is 8. The van der Waals surface area contributed by atoms with E-state index in [-0.39, 0.29) is 0 Å². The van der Waals surface area contributed by atoms with Crippen LogP contribution >= 0.6 is 0 Å². The normalized spacial score (nSPS) is 29.8. The van der Waals surface area contributed by atoms with Gasteiger partial charge < -0.3 is 4.74 Å². The molecule has 2 rings (SSSR count). The molecule has 0 N–H and O–H groups in total. The smallest absolute Gasteiger partial charge is 0.0575 e. The third kappa shape index (κ3) is 8.59. The average molecular weight is 357 g/mol. The summed E-state index contributed by atoms with van der Waals surface area (Å²) in [7, 11) is 0. The second-order valence-corrected chi connectivity index (χ2v) is 8.28. The van der Waals surface area contributed by atoms with Gasteiger partial charge in [0, 0.05) is 6.61 Å². The molecule has 0 aromatic rings. The van der Waals surface area contributed by atoms with Crippen LogP contribution in [0.5, 0.6) is 0 Å². The number of hydrogen-bond acceptors (Lipinski definition) is 1. The van der Waals surface area contributed by atoms with E-state index < -0.39 is 0 Å². The lowest BCUT2D eigenvalue weighted by atomic mass is 9.79. The van der Waals surface area contributed by atoms with Gasteiger partial charge in [0.15, 0.2) is 0 Å². The van der Waals surface area contributed by atoms with Crippen molar-refractivity contribution in [2.75, 3.05) is 6.61 Å². The van der Waals surface area contributed by atoms with Gasteiger partial charge in [-0.05, 0) is 88.2 Å². The zero-order chi connectivity index (χ0) is 18.5. The highest BCUT2D eigenvalue weighted by Gasteiger charge is 2.19. The predicted octanol–water partition coefficient (Wildman–Crippen LogP) is 7.08. The monoisotopic (exact) mass is 356 g/mol. The SMILES string of the molecule is CCCCCC1CCC(/C=C/C#C/C=C/C2CCC(OCC)CC2)CC1. The maximum atomic E-state index is 5.72. The van der Waals surface area contributed by atoms with Gasteiger partial charge in [-0.15, -0.1) is 0 Å². The number of ether oxygens (including phenoxy) is 1. The molecule has 2 aliphatic rings. The largest absolute Gasteiger partial charge is 0.379 e. The van der Waals surface area contributed by atoms with Crippen molar-refractivity contribution in [2.24, 2.45) is 17.8 Å². The molecular weight excluding hydrogens is 316 g/mol. The van der Waals surface area contributed by atoms with Crippen LogP contribution in [-0.2, 0) is 4.74 Å². The summed E-state index contributed by atoms with van der Waals surface area (Å²) in [6.07, 6.45) is 25.5. The Morgan fingerprint density at radius 1 is 0.769 bits per heavy atom. The van der Waals surface area contributed by atoms with Crippen LogP contribution in [0.25, 0.3) is 0 Å². The number of unbranched alkanes of at least 4 members (excludes halogenated alkanes) is 2. The van der Waals surface area contributed by atoms with Crippen LogP contribution < -0.4 is 0 Å². The average Bonchev–Trinajstić information content (AvgIpc) is 2.67. The third-order valence-corrected chi connectivity index (χ3v) is 6.22. The molecule has 0 aliphatic heterocycles. The van der Waals surface area contributed by atoms with E-state index in [0.717, 1.165) is 18.4 Å². The van der Waals surface area contributed by atoms with Crippen LogP contribution in [0.2, 0.25) is 0 Å². The highest BCUT2D eigenvalue weighted by Crippen LogP contribution is 2.32. The minimum atomic E-state index is 0.500. The lowest BCUT2D eigenvalue weighted by Crippen LogP contribution is -2.20. The minimum Gasteiger partial charge on any atom is -0.379 e. The zero-order valence-electron chi connectivity index (χ0n) is 17.2. The Morgan fingerprint density at radius 2 is 1.35 bits per heavy atom. The summed E-state index contributed by atoms with van der Waals surface area (Å²) in [5.74, 6) is 8.88. The molecular formula is C25H40O. The Bertz CT molecular complexity index is 462. The zero-order valence-corrected chi connectivity index (χ0v) is 17.2. The van der Waals surface area contributed by atoms with E-state index in [0.29, 0.717) is 12.0 Å². The maximum Gasteiger partial charge on any atom is 0.0575 e. The summed E-state index contributed by atoms with van der Waals surface area (Å²) in [6.45, 7) is 5.24. The molecule has 146 valence electrons. The molecule has 0 spiro atoms. The van der Waals surface area contributed by atoms with Crippen LogP contribution in [0.4, 0.5) is 0 Å². The molecule has 1 nitrogen and oxygen atoms in total. The summed E-state index contributed by atoms with van der Waals surface area (Å²) in [6, 6.07) is 0. The van der Waals surface area contributed by atoms with Crippen molar-refractivity contribution in [2.45, 2.75) is 97.0 Å². The summed E-state index contributed by atoms with van der Waals surface area (Å²) >= 11 is 0. The van der Waals surface area contributed by atoms with E-state index in [1.54, 1.807) is 0 Å². The van der Waals surface area contributed by atoms with Gasteiger partial charge in [0.1, 0.15) is 0 Å². The molecule has 1 heteroatoms. The van der Waals surface area contributed by atoms with Crippen LogP contribution in [-0.4, -0.2) is 12.7 Å². The number of allylic oxidation sites excluding steroid dienone is 4. The van der Waals surface area contributed by atoms with Crippen molar-refractivity contribution in [3.05, 3.63) is 24.3 Å². The Labute approximate surface area is 162 Å². The molecule has 0 aromatic carbocycles. The fraction of sp³-hybridized carbons (Fsp3) is 0.760. The van der Waals surface area contributed by atoms with Gasteiger partial charge >= 0.3 is 0 Å². The molecule has 26 heavy (non-hydrogen) atoms. The van der Waals surface area contributed by atoms with Crippen molar-refractivity contribution < 1.29 is 4.74 Å². The number of hydrogen-bond donors (Lipinski definition) is 0. The van der Waals surface area contributed by atoms with Gasteiger partial charge in [-0.1, -0.05) is 56.6 Å². The molecule has 2 aliphatic carbocycles. The molecule has 0 aromatic heterocycles. The summed E-state index contributed by atoms with van der Waals surface area (Å²) in [5, 5.41) is 0. The second kappa shape index (κ2) is 13.2. The van der Waals surface area contributed by atoms with E-state index in [4.69, 9.17) is 4.74 Å². The lowest BCUT2D eigenvalue weighted by molar-refractivity contribution is 0.0302. The van der Waals surface area contributed by atoms with Gasteiger partial charge in [-0.3, -0.25) is 0 Å². The first-order valence-electron chi connectivity index (χ1n) is 11.3. The Kier molecular flexibility index (Phi) is 10.8. The van der Waals surface area contributed by atoms with Gasteiger partial charge in [0.05, 0.1) is 6.10 Å². The highest BCUT2D eigenvalue weighted by atomic mass is 16.5. The molecule has 0 saturated heterocycles. The molecule has 0 heterocycles. The standard InChI is InChI=1S/C25H40O/c1-3-5-8-11-22-14-16-23(17-15-22)12-9-6-7-10-13-24-18-20-25(21-19-24)26-4-2/h9-10,12-13,22-25H,3-5,8,11,14-21H2,1-2H3/b12-9+,13-10+. The first-order valence-corrected chi connectivity index (χ1v) is 11.3. The van der Waals surface area contributed by atoms with Crippen molar-refractivity contribution >= 4 is 0 Å². The fourth-order valence-electron chi connectivity index (χ4n) is 4.50. The minimum absolute atomic E-state index is 0.500. The quantitative estimate of drug-likeness (QED) is 0.333. The molecule has 0 radical (unpaired) electrons. The van der Waals surface area contributed by atoms with Gasteiger partial charge in [0.2, 0.25) is 0 Å². The van der Waals surface area contributed by atoms with Crippen molar-refractivity contribution in [3.8, 4) is 11.8 Å². The van der Waals surface area contributed by atoms with Crippen LogP contribution in [0, 0.1) is 29.6 Å². The second-order valence-electron chi connectivity index (χ2n) is 8.28. The van der Waals surface area contributed by atoms with E-state index in [9.17, 15) is 0 Å². The van der Waals surface area contributed by atoms with Gasteiger partial charge in [-0.2, -0.15) is 0 Å². The van der Waals surface area contributed by atoms with E-state index in [1.807, 2.05) is 0 Å². The van der Waals surface area contributed by atoms with Crippen molar-refractivity contribution in [1.82, 2.24) is 0 Å². The van der Waals surface area contributed by atoms with Crippen LogP contribution in [0.1, 0.15) is 90.9 Å². The highest BCUT2D eigenvalue weighted by molar-refractivity contribution is 5.24. The predicted molar refractivity (Wildman–Crippen MR) is 113 cm³/mol. The van der Waals surface area contributed by atoms with E-state index in [2.05, 4.69) is 50.0 Å². The van der Waals surface area contributed by atoms with Gasteiger partial charge in [0.25, 0.3) is 0 Å². The summed E-state index contributed by atoms with van der Waals surface area (Å²) in [4.78, 5) is 0. The first kappa shape index (κ1) is 21.3. The van der Waals surface area contributed by atoms with E-state index in [1.165, 1.54) is 77.0 Å². The molecule has 0 bridgehead atoms. The molecule has 0 amide bonds. The Hall–Kier alpha value is -1.00. The van der Waals surface area contributed by atoms with E-state index >= 15 is 0 Å². The topological polar surface area (TPSA) is 9.23 Å². The van der Waals surface area contributed by atoms with Crippen LogP contribution in [0.3, 0.4) is 0 Å². The van der Waals surface area contributed by atoms with Crippen LogP contribution in [0.15, 0.2) is 24.3 Å². The maximum absolute atomic E-state index is 5.72. The lowest BCUT2D eigenvalue weighted by Gasteiger charge is -2.26. The molecule has 2 fully saturated rings.